The Kier molecular flexibility index (Phi) is 2.47. The molecule has 1 rings (SSSR count). The van der Waals surface area contributed by atoms with Crippen molar-refractivity contribution < 1.29 is 4.39 Å². The number of rotatable bonds is 3. The van der Waals surface area contributed by atoms with Gasteiger partial charge in [-0.2, -0.15) is 5.10 Å². The summed E-state index contributed by atoms with van der Waals surface area (Å²) in [4.78, 5) is 0. The van der Waals surface area contributed by atoms with Crippen molar-refractivity contribution in [3.8, 4) is 0 Å². The number of nitrogens with zero attached hydrogens (tertiary/aromatic N) is 2. The first-order valence-electron chi connectivity index (χ1n) is 4.01. The maximum Gasteiger partial charge on any atom is 0.164 e. The van der Waals surface area contributed by atoms with Crippen LogP contribution in [0.15, 0.2) is 12.3 Å². The number of halogens is 1. The molecule has 1 aromatic rings. The van der Waals surface area contributed by atoms with Crippen molar-refractivity contribution in [3.05, 3.63) is 18.0 Å². The molecule has 12 heavy (non-hydrogen) atoms. The fourth-order valence-electron chi connectivity index (χ4n) is 1.24. The third-order valence-electron chi connectivity index (χ3n) is 2.16. The highest BCUT2D eigenvalue weighted by molar-refractivity contribution is 5.12. The minimum Gasteiger partial charge on any atom is -0.327 e. The van der Waals surface area contributed by atoms with Gasteiger partial charge in [0, 0.05) is 19.8 Å². The molecule has 1 heterocycles. The minimum atomic E-state index is -1.43. The molecule has 1 atom stereocenters. The molecule has 68 valence electrons. The molecule has 0 spiro atoms. The van der Waals surface area contributed by atoms with Gasteiger partial charge in [-0.25, -0.2) is 4.39 Å². The molecule has 1 aromatic heterocycles. The van der Waals surface area contributed by atoms with Gasteiger partial charge in [0.2, 0.25) is 0 Å². The largest absolute Gasteiger partial charge is 0.327 e. The lowest BCUT2D eigenvalue weighted by Crippen LogP contribution is -2.31. The predicted octanol–water partition coefficient (Wildman–Crippen LogP) is 0.954. The second-order valence-electron chi connectivity index (χ2n) is 2.86. The van der Waals surface area contributed by atoms with E-state index in [0.29, 0.717) is 12.1 Å². The summed E-state index contributed by atoms with van der Waals surface area (Å²) in [5, 5.41) is 3.90. The first kappa shape index (κ1) is 9.19. The van der Waals surface area contributed by atoms with Gasteiger partial charge >= 0.3 is 0 Å². The molecule has 0 aromatic carbocycles. The third kappa shape index (κ3) is 1.34. The average molecular weight is 171 g/mol. The highest BCUT2D eigenvalue weighted by Crippen LogP contribution is 2.27. The van der Waals surface area contributed by atoms with Crippen LogP contribution in [0.4, 0.5) is 4.39 Å². The van der Waals surface area contributed by atoms with Crippen LogP contribution in [0.3, 0.4) is 0 Å². The highest BCUT2D eigenvalue weighted by Gasteiger charge is 2.30. The van der Waals surface area contributed by atoms with Gasteiger partial charge in [-0.15, -0.1) is 0 Å². The molecule has 0 aliphatic rings. The molecule has 0 amide bonds. The minimum absolute atomic E-state index is 0.00301. The quantitative estimate of drug-likeness (QED) is 0.736. The van der Waals surface area contributed by atoms with Crippen LogP contribution in [-0.4, -0.2) is 16.3 Å². The van der Waals surface area contributed by atoms with E-state index in [9.17, 15) is 4.39 Å². The van der Waals surface area contributed by atoms with Crippen molar-refractivity contribution in [2.45, 2.75) is 19.0 Å². The standard InChI is InChI=1S/C8H14FN3/c1-3-8(9,6-10)7-4-5-11-12(7)2/h4-5H,3,6,10H2,1-2H3. The van der Waals surface area contributed by atoms with E-state index in [1.165, 1.54) is 4.68 Å². The Hall–Kier alpha value is -0.900. The fourth-order valence-corrected chi connectivity index (χ4v) is 1.24. The third-order valence-corrected chi connectivity index (χ3v) is 2.16. The summed E-state index contributed by atoms with van der Waals surface area (Å²) in [6, 6.07) is 1.66. The average Bonchev–Trinajstić information content (AvgIpc) is 2.51. The van der Waals surface area contributed by atoms with Gasteiger partial charge < -0.3 is 5.73 Å². The van der Waals surface area contributed by atoms with Gasteiger partial charge in [0.25, 0.3) is 0 Å². The molecule has 0 saturated heterocycles. The Bertz CT molecular complexity index is 253. The summed E-state index contributed by atoms with van der Waals surface area (Å²) in [5.74, 6) is 0. The maximum atomic E-state index is 13.9. The van der Waals surface area contributed by atoms with E-state index in [1.54, 1.807) is 26.2 Å². The van der Waals surface area contributed by atoms with Crippen LogP contribution >= 0.6 is 0 Å². The van der Waals surface area contributed by atoms with Crippen molar-refractivity contribution in [1.82, 2.24) is 9.78 Å². The predicted molar refractivity (Wildman–Crippen MR) is 45.3 cm³/mol. The summed E-state index contributed by atoms with van der Waals surface area (Å²) in [6.45, 7) is 1.78. The summed E-state index contributed by atoms with van der Waals surface area (Å²) in [6.07, 6.45) is 1.96. The van der Waals surface area contributed by atoms with Crippen molar-refractivity contribution in [1.29, 1.82) is 0 Å². The Morgan fingerprint density at radius 1 is 1.75 bits per heavy atom. The lowest BCUT2D eigenvalue weighted by atomic mass is 9.99. The number of nitrogens with two attached hydrogens (primary N) is 1. The van der Waals surface area contributed by atoms with Gasteiger partial charge in [0.15, 0.2) is 5.67 Å². The van der Waals surface area contributed by atoms with E-state index in [2.05, 4.69) is 5.10 Å². The van der Waals surface area contributed by atoms with Gasteiger partial charge in [-0.1, -0.05) is 6.92 Å². The Labute approximate surface area is 71.4 Å². The lowest BCUT2D eigenvalue weighted by molar-refractivity contribution is 0.156. The summed E-state index contributed by atoms with van der Waals surface area (Å²) < 4.78 is 15.4. The van der Waals surface area contributed by atoms with Crippen molar-refractivity contribution in [2.24, 2.45) is 12.8 Å². The molecule has 4 heteroatoms. The number of aryl methyl sites for hydroxylation is 1. The SMILES string of the molecule is CCC(F)(CN)c1ccnn1C. The number of hydrogen-bond acceptors (Lipinski definition) is 2. The van der Waals surface area contributed by atoms with Crippen LogP contribution in [0, 0.1) is 0 Å². The Morgan fingerprint density at radius 3 is 2.75 bits per heavy atom. The summed E-state index contributed by atoms with van der Waals surface area (Å²) >= 11 is 0. The molecule has 0 aliphatic carbocycles. The second kappa shape index (κ2) is 3.23. The fraction of sp³-hybridized carbons (Fsp3) is 0.625. The molecule has 0 aliphatic heterocycles. The molecule has 0 saturated carbocycles. The van der Waals surface area contributed by atoms with Gasteiger partial charge in [-0.3, -0.25) is 4.68 Å². The molecular weight excluding hydrogens is 157 g/mol. The van der Waals surface area contributed by atoms with Crippen LogP contribution in [0.1, 0.15) is 19.0 Å². The number of hydrogen-bond donors (Lipinski definition) is 1. The van der Waals surface area contributed by atoms with Gasteiger partial charge in [0.05, 0.1) is 5.69 Å². The first-order chi connectivity index (χ1) is 5.64. The number of alkyl halides is 1. The lowest BCUT2D eigenvalue weighted by Gasteiger charge is -2.21. The monoisotopic (exact) mass is 171 g/mol. The Morgan fingerprint density at radius 2 is 2.42 bits per heavy atom. The van der Waals surface area contributed by atoms with Crippen LogP contribution in [0.2, 0.25) is 0 Å². The van der Waals surface area contributed by atoms with Crippen molar-refractivity contribution in [2.75, 3.05) is 6.54 Å². The van der Waals surface area contributed by atoms with E-state index in [0.717, 1.165) is 0 Å². The van der Waals surface area contributed by atoms with Crippen LogP contribution in [0.5, 0.6) is 0 Å². The van der Waals surface area contributed by atoms with Gasteiger partial charge in [0.1, 0.15) is 0 Å². The molecule has 2 N–H and O–H groups in total. The molecule has 1 unspecified atom stereocenters. The Balaban J connectivity index is 3.02. The zero-order valence-corrected chi connectivity index (χ0v) is 7.42. The van der Waals surface area contributed by atoms with E-state index in [4.69, 9.17) is 5.73 Å². The van der Waals surface area contributed by atoms with Crippen LogP contribution in [-0.2, 0) is 12.7 Å². The highest BCUT2D eigenvalue weighted by atomic mass is 19.1. The van der Waals surface area contributed by atoms with Crippen molar-refractivity contribution in [3.63, 3.8) is 0 Å². The zero-order valence-electron chi connectivity index (χ0n) is 7.42. The first-order valence-corrected chi connectivity index (χ1v) is 4.01. The topological polar surface area (TPSA) is 43.8 Å². The zero-order chi connectivity index (χ0) is 9.19. The maximum absolute atomic E-state index is 13.9. The second-order valence-corrected chi connectivity index (χ2v) is 2.86. The van der Waals surface area contributed by atoms with Crippen LogP contribution in [0.25, 0.3) is 0 Å². The summed E-state index contributed by atoms with van der Waals surface area (Å²) in [7, 11) is 1.72. The van der Waals surface area contributed by atoms with E-state index in [1.807, 2.05) is 0 Å². The van der Waals surface area contributed by atoms with E-state index >= 15 is 0 Å². The smallest absolute Gasteiger partial charge is 0.164 e. The molecule has 0 radical (unpaired) electrons. The van der Waals surface area contributed by atoms with Crippen molar-refractivity contribution >= 4 is 0 Å². The molecular formula is C8H14FN3. The van der Waals surface area contributed by atoms with E-state index < -0.39 is 5.67 Å². The van der Waals surface area contributed by atoms with Crippen LogP contribution < -0.4 is 5.73 Å². The summed E-state index contributed by atoms with van der Waals surface area (Å²) in [5.41, 5.74) is 4.48. The normalized spacial score (nSPS) is 16.0. The molecule has 0 fully saturated rings. The molecule has 0 bridgehead atoms. The van der Waals surface area contributed by atoms with Gasteiger partial charge in [-0.05, 0) is 12.5 Å². The molecule has 3 nitrogen and oxygen atoms in total. The number of aromatic nitrogens is 2. The van der Waals surface area contributed by atoms with E-state index in [-0.39, 0.29) is 6.54 Å².